The number of allylic oxidation sites excluding steroid dienone is 1. The maximum atomic E-state index is 13.9. The van der Waals surface area contributed by atoms with Crippen molar-refractivity contribution in [3.63, 3.8) is 0 Å². The Bertz CT molecular complexity index is 803. The largest absolute Gasteiger partial charge is 0.351 e. The molecule has 2 aliphatic carbocycles. The van der Waals surface area contributed by atoms with E-state index in [0.29, 0.717) is 25.3 Å². The van der Waals surface area contributed by atoms with Crippen LogP contribution in [0.3, 0.4) is 0 Å². The molecule has 4 rings (SSSR count). The van der Waals surface area contributed by atoms with Crippen molar-refractivity contribution < 1.29 is 18.4 Å². The number of hydrogen-bond acceptors (Lipinski definition) is 2. The van der Waals surface area contributed by atoms with Crippen molar-refractivity contribution in [2.45, 2.75) is 44.9 Å². The Morgan fingerprint density at radius 3 is 2.85 bits per heavy atom. The lowest BCUT2D eigenvalue weighted by Crippen LogP contribution is -2.51. The number of nitrogens with one attached hydrogen (secondary N) is 1. The monoisotopic (exact) mass is 374 g/mol. The molecular weight excluding hydrogens is 350 g/mol. The zero-order valence-electron chi connectivity index (χ0n) is 15.3. The van der Waals surface area contributed by atoms with Crippen LogP contribution in [0.2, 0.25) is 0 Å². The SMILES string of the molecule is O=C(NCC12CCCC=C1N(CC1CC1)C(=O)CC2)c1cc(F)ccc1F. The van der Waals surface area contributed by atoms with Gasteiger partial charge in [0.2, 0.25) is 5.91 Å². The van der Waals surface area contributed by atoms with Crippen LogP contribution < -0.4 is 5.32 Å². The fraction of sp³-hybridized carbons (Fsp3) is 0.524. The smallest absolute Gasteiger partial charge is 0.254 e. The quantitative estimate of drug-likeness (QED) is 0.853. The third kappa shape index (κ3) is 3.62. The Morgan fingerprint density at radius 2 is 2.07 bits per heavy atom. The van der Waals surface area contributed by atoms with Gasteiger partial charge in [-0.3, -0.25) is 9.59 Å². The predicted molar refractivity (Wildman–Crippen MR) is 96.7 cm³/mol. The predicted octanol–water partition coefficient (Wildman–Crippen LogP) is 3.78. The van der Waals surface area contributed by atoms with Crippen molar-refractivity contribution in [2.75, 3.05) is 13.1 Å². The molecule has 1 N–H and O–H groups in total. The number of benzene rings is 1. The lowest BCUT2D eigenvalue weighted by molar-refractivity contribution is -0.134. The first-order valence-corrected chi connectivity index (χ1v) is 9.73. The Kier molecular flexibility index (Phi) is 4.74. The van der Waals surface area contributed by atoms with Crippen molar-refractivity contribution in [3.8, 4) is 0 Å². The van der Waals surface area contributed by atoms with Crippen LogP contribution in [0.15, 0.2) is 30.0 Å². The molecule has 1 unspecified atom stereocenters. The van der Waals surface area contributed by atoms with E-state index < -0.39 is 17.5 Å². The lowest BCUT2D eigenvalue weighted by Gasteiger charge is -2.47. The summed E-state index contributed by atoms with van der Waals surface area (Å²) in [6.07, 6.45) is 8.44. The van der Waals surface area contributed by atoms with Crippen molar-refractivity contribution in [2.24, 2.45) is 11.3 Å². The summed E-state index contributed by atoms with van der Waals surface area (Å²) in [5, 5.41) is 2.81. The fourth-order valence-corrected chi connectivity index (χ4v) is 4.33. The first-order valence-electron chi connectivity index (χ1n) is 9.73. The molecule has 1 aromatic carbocycles. The average molecular weight is 374 g/mol. The fourth-order valence-electron chi connectivity index (χ4n) is 4.33. The normalized spacial score (nSPS) is 25.0. The maximum absolute atomic E-state index is 13.9. The Labute approximate surface area is 157 Å². The number of carbonyl (C=O) groups is 2. The second-order valence-electron chi connectivity index (χ2n) is 8.02. The number of fused-ring (bicyclic) bond motifs is 1. The van der Waals surface area contributed by atoms with E-state index in [2.05, 4.69) is 11.4 Å². The first-order chi connectivity index (χ1) is 13.0. The van der Waals surface area contributed by atoms with Gasteiger partial charge in [0.25, 0.3) is 5.91 Å². The van der Waals surface area contributed by atoms with Gasteiger partial charge in [0, 0.05) is 30.6 Å². The molecule has 0 aromatic heterocycles. The van der Waals surface area contributed by atoms with Crippen LogP contribution in [0.1, 0.15) is 55.3 Å². The molecule has 1 aromatic rings. The van der Waals surface area contributed by atoms with Gasteiger partial charge in [0.1, 0.15) is 11.6 Å². The van der Waals surface area contributed by atoms with Crippen molar-refractivity contribution in [3.05, 3.63) is 47.2 Å². The van der Waals surface area contributed by atoms with Gasteiger partial charge in [-0.05, 0) is 62.6 Å². The zero-order valence-corrected chi connectivity index (χ0v) is 15.3. The van der Waals surface area contributed by atoms with E-state index in [4.69, 9.17) is 0 Å². The van der Waals surface area contributed by atoms with Gasteiger partial charge in [-0.15, -0.1) is 0 Å². The van der Waals surface area contributed by atoms with E-state index in [9.17, 15) is 18.4 Å². The van der Waals surface area contributed by atoms with Crippen molar-refractivity contribution >= 4 is 11.8 Å². The molecular formula is C21H24F2N2O2. The highest BCUT2D eigenvalue weighted by Gasteiger charge is 2.45. The minimum absolute atomic E-state index is 0.160. The number of piperidine rings is 1. The summed E-state index contributed by atoms with van der Waals surface area (Å²) in [4.78, 5) is 26.9. The number of amides is 2. The molecule has 6 heteroatoms. The minimum atomic E-state index is -0.736. The molecule has 4 nitrogen and oxygen atoms in total. The van der Waals surface area contributed by atoms with E-state index in [-0.39, 0.29) is 16.9 Å². The van der Waals surface area contributed by atoms with Gasteiger partial charge in [-0.25, -0.2) is 8.78 Å². The van der Waals surface area contributed by atoms with Gasteiger partial charge >= 0.3 is 0 Å². The van der Waals surface area contributed by atoms with Gasteiger partial charge in [-0.1, -0.05) is 6.08 Å². The molecule has 2 fully saturated rings. The van der Waals surface area contributed by atoms with E-state index in [1.807, 2.05) is 4.90 Å². The minimum Gasteiger partial charge on any atom is -0.351 e. The van der Waals surface area contributed by atoms with Crippen LogP contribution in [0.25, 0.3) is 0 Å². The summed E-state index contributed by atoms with van der Waals surface area (Å²) in [6, 6.07) is 2.88. The molecule has 1 heterocycles. The molecule has 0 spiro atoms. The number of halogens is 2. The zero-order chi connectivity index (χ0) is 19.0. The van der Waals surface area contributed by atoms with Crippen LogP contribution in [-0.2, 0) is 4.79 Å². The number of nitrogens with zero attached hydrogens (tertiary/aromatic N) is 1. The summed E-state index contributed by atoms with van der Waals surface area (Å²) < 4.78 is 27.3. The summed E-state index contributed by atoms with van der Waals surface area (Å²) >= 11 is 0. The van der Waals surface area contributed by atoms with Crippen LogP contribution in [0.4, 0.5) is 8.78 Å². The van der Waals surface area contributed by atoms with Crippen LogP contribution in [-0.4, -0.2) is 29.8 Å². The molecule has 1 aliphatic heterocycles. The molecule has 0 radical (unpaired) electrons. The molecule has 1 atom stereocenters. The summed E-state index contributed by atoms with van der Waals surface area (Å²) in [5.74, 6) is -1.24. The van der Waals surface area contributed by atoms with Crippen LogP contribution >= 0.6 is 0 Å². The van der Waals surface area contributed by atoms with Gasteiger partial charge in [0.05, 0.1) is 5.56 Å². The van der Waals surface area contributed by atoms with E-state index in [0.717, 1.165) is 49.7 Å². The van der Waals surface area contributed by atoms with E-state index in [1.165, 1.54) is 12.8 Å². The standard InChI is InChI=1S/C21H24F2N2O2/c22-15-6-7-17(23)16(11-15)20(27)24-13-21-9-2-1-3-18(21)25(12-14-4-5-14)19(26)8-10-21/h3,6-7,11,14H,1-2,4-5,8-10,12-13H2,(H,24,27). The Morgan fingerprint density at radius 1 is 1.26 bits per heavy atom. The molecule has 0 bridgehead atoms. The first kappa shape index (κ1) is 18.1. The highest BCUT2D eigenvalue weighted by molar-refractivity contribution is 5.94. The maximum Gasteiger partial charge on any atom is 0.254 e. The summed E-state index contributed by atoms with van der Waals surface area (Å²) in [6.45, 7) is 1.10. The molecule has 2 amide bonds. The van der Waals surface area contributed by atoms with Crippen LogP contribution in [0, 0.1) is 23.0 Å². The number of rotatable bonds is 5. The number of carbonyl (C=O) groups excluding carboxylic acids is 2. The topological polar surface area (TPSA) is 49.4 Å². The van der Waals surface area contributed by atoms with Crippen molar-refractivity contribution in [1.82, 2.24) is 10.2 Å². The van der Waals surface area contributed by atoms with Crippen molar-refractivity contribution in [1.29, 1.82) is 0 Å². The molecule has 27 heavy (non-hydrogen) atoms. The highest BCUT2D eigenvalue weighted by atomic mass is 19.1. The summed E-state index contributed by atoms with van der Waals surface area (Å²) in [7, 11) is 0. The van der Waals surface area contributed by atoms with Crippen LogP contribution in [0.5, 0.6) is 0 Å². The number of likely N-dealkylation sites (tertiary alicyclic amines) is 1. The van der Waals surface area contributed by atoms with Gasteiger partial charge in [-0.2, -0.15) is 0 Å². The summed E-state index contributed by atoms with van der Waals surface area (Å²) in [5.41, 5.74) is 0.451. The molecule has 144 valence electrons. The second-order valence-corrected chi connectivity index (χ2v) is 8.02. The van der Waals surface area contributed by atoms with Gasteiger partial charge in [0.15, 0.2) is 0 Å². The molecule has 1 saturated heterocycles. The molecule has 1 saturated carbocycles. The number of hydrogen-bond donors (Lipinski definition) is 1. The Hall–Kier alpha value is -2.24. The third-order valence-electron chi connectivity index (χ3n) is 6.05. The van der Waals surface area contributed by atoms with E-state index in [1.54, 1.807) is 0 Å². The third-order valence-corrected chi connectivity index (χ3v) is 6.05. The lowest BCUT2D eigenvalue weighted by atomic mass is 9.69. The van der Waals surface area contributed by atoms with E-state index >= 15 is 0 Å². The molecule has 3 aliphatic rings. The second kappa shape index (κ2) is 7.06. The highest BCUT2D eigenvalue weighted by Crippen LogP contribution is 2.47. The average Bonchev–Trinajstić information content (AvgIpc) is 3.48. The van der Waals surface area contributed by atoms with Gasteiger partial charge < -0.3 is 10.2 Å². The Balaban J connectivity index is 1.53.